The van der Waals surface area contributed by atoms with E-state index in [9.17, 15) is 4.79 Å². The van der Waals surface area contributed by atoms with E-state index in [0.717, 1.165) is 0 Å². The molecule has 0 fully saturated rings. The molecule has 19 heavy (non-hydrogen) atoms. The summed E-state index contributed by atoms with van der Waals surface area (Å²) in [6.07, 6.45) is 0. The average molecular weight is 293 g/mol. The smallest absolute Gasteiger partial charge is 0.257 e. The Morgan fingerprint density at radius 2 is 2.21 bits per heavy atom. The Hall–Kier alpha value is -1.30. The Bertz CT molecular complexity index is 540. The van der Waals surface area contributed by atoms with E-state index >= 15 is 0 Å². The highest BCUT2D eigenvalue weighted by Gasteiger charge is 2.15. The number of amides is 1. The minimum atomic E-state index is -0.601. The van der Waals surface area contributed by atoms with Crippen LogP contribution in [-0.2, 0) is 15.3 Å². The van der Waals surface area contributed by atoms with E-state index in [4.69, 9.17) is 10.5 Å². The summed E-state index contributed by atoms with van der Waals surface area (Å²) in [6, 6.07) is 10.3. The van der Waals surface area contributed by atoms with E-state index < -0.39 is 11.3 Å². The molecule has 0 unspecified atom stereocenters. The molecular formula is C14H15NO2S2. The third-order valence-corrected chi connectivity index (χ3v) is 4.57. The Labute approximate surface area is 120 Å². The molecular weight excluding hydrogens is 278 g/mol. The second-order valence-electron chi connectivity index (χ2n) is 3.95. The van der Waals surface area contributed by atoms with Gasteiger partial charge >= 0.3 is 0 Å². The van der Waals surface area contributed by atoms with Crippen LogP contribution in [0.25, 0.3) is 11.1 Å². The number of hydrogen-bond acceptors (Lipinski definition) is 4. The molecule has 2 rings (SSSR count). The Balaban J connectivity index is 2.15. The summed E-state index contributed by atoms with van der Waals surface area (Å²) >= 11 is 3.07. The van der Waals surface area contributed by atoms with Gasteiger partial charge in [0.2, 0.25) is 0 Å². The van der Waals surface area contributed by atoms with Crippen LogP contribution in [0.1, 0.15) is 5.56 Å². The number of nitrogens with two attached hydrogens (primary N) is 1. The third kappa shape index (κ3) is 3.59. The molecule has 0 aliphatic heterocycles. The molecule has 2 N–H and O–H groups in total. The molecule has 100 valence electrons. The number of ether oxygens (including phenoxy) is 1. The summed E-state index contributed by atoms with van der Waals surface area (Å²) in [7, 11) is 1.49. The van der Waals surface area contributed by atoms with Gasteiger partial charge in [-0.15, -0.1) is 11.8 Å². The number of thiophene rings is 1. The molecule has 3 nitrogen and oxygen atoms in total. The molecule has 1 amide bonds. The van der Waals surface area contributed by atoms with Crippen molar-refractivity contribution in [3.05, 3.63) is 46.7 Å². The molecule has 0 aliphatic carbocycles. The van der Waals surface area contributed by atoms with Gasteiger partial charge in [-0.3, -0.25) is 4.79 Å². The van der Waals surface area contributed by atoms with Gasteiger partial charge in [-0.1, -0.05) is 24.3 Å². The summed E-state index contributed by atoms with van der Waals surface area (Å²) in [5.74, 6) is 0.244. The highest BCUT2D eigenvalue weighted by atomic mass is 32.2. The highest BCUT2D eigenvalue weighted by Crippen LogP contribution is 2.29. The molecule has 1 aromatic heterocycles. The maximum Gasteiger partial charge on any atom is 0.257 e. The van der Waals surface area contributed by atoms with Crippen molar-refractivity contribution in [3.8, 4) is 11.1 Å². The van der Waals surface area contributed by atoms with Gasteiger partial charge in [-0.25, -0.2) is 0 Å². The molecule has 1 heterocycles. The molecule has 0 bridgehead atoms. The SMILES string of the molecule is CO[C@H](SCc1ccccc1-c1ccsc1)C(N)=O. The first-order valence-electron chi connectivity index (χ1n) is 5.76. The number of carbonyl (C=O) groups is 1. The lowest BCUT2D eigenvalue weighted by Crippen LogP contribution is -2.27. The zero-order valence-electron chi connectivity index (χ0n) is 10.5. The van der Waals surface area contributed by atoms with E-state index in [1.807, 2.05) is 12.1 Å². The van der Waals surface area contributed by atoms with Crippen LogP contribution in [0.15, 0.2) is 41.1 Å². The summed E-state index contributed by atoms with van der Waals surface area (Å²) in [5, 5.41) is 4.17. The van der Waals surface area contributed by atoms with Crippen molar-refractivity contribution in [1.82, 2.24) is 0 Å². The minimum absolute atomic E-state index is 0.444. The number of rotatable bonds is 6. The van der Waals surface area contributed by atoms with Crippen LogP contribution in [0.5, 0.6) is 0 Å². The van der Waals surface area contributed by atoms with Crippen LogP contribution in [0.3, 0.4) is 0 Å². The fourth-order valence-electron chi connectivity index (χ4n) is 1.78. The molecule has 2 aromatic rings. The molecule has 0 radical (unpaired) electrons. The number of hydrogen-bond donors (Lipinski definition) is 1. The highest BCUT2D eigenvalue weighted by molar-refractivity contribution is 7.99. The lowest BCUT2D eigenvalue weighted by Gasteiger charge is -2.13. The largest absolute Gasteiger partial charge is 0.367 e. The maximum atomic E-state index is 11.1. The fourth-order valence-corrected chi connectivity index (χ4v) is 3.32. The van der Waals surface area contributed by atoms with Gasteiger partial charge in [0.05, 0.1) is 0 Å². The van der Waals surface area contributed by atoms with Gasteiger partial charge in [-0.2, -0.15) is 11.3 Å². The van der Waals surface area contributed by atoms with Crippen LogP contribution in [-0.4, -0.2) is 18.5 Å². The normalized spacial score (nSPS) is 12.3. The summed E-state index contributed by atoms with van der Waals surface area (Å²) in [6.45, 7) is 0. The number of thioether (sulfide) groups is 1. The van der Waals surface area contributed by atoms with Crippen molar-refractivity contribution in [2.75, 3.05) is 7.11 Å². The summed E-state index contributed by atoms with van der Waals surface area (Å²) in [5.41, 5.74) is 8.23. The van der Waals surface area contributed by atoms with Crippen molar-refractivity contribution in [2.45, 2.75) is 11.2 Å². The van der Waals surface area contributed by atoms with Crippen molar-refractivity contribution in [1.29, 1.82) is 0 Å². The van der Waals surface area contributed by atoms with E-state index in [1.54, 1.807) is 11.3 Å². The second-order valence-corrected chi connectivity index (χ2v) is 5.78. The molecule has 0 aliphatic rings. The standard InChI is InChI=1S/C14H15NO2S2/c1-17-14(13(15)16)19-9-10-4-2-3-5-12(10)11-6-7-18-8-11/h2-8,14H,9H2,1H3,(H2,15,16)/t14-/m1/s1. The van der Waals surface area contributed by atoms with Crippen molar-refractivity contribution >= 4 is 29.0 Å². The topological polar surface area (TPSA) is 52.3 Å². The molecule has 5 heteroatoms. The zero-order valence-corrected chi connectivity index (χ0v) is 12.2. The van der Waals surface area contributed by atoms with Crippen molar-refractivity contribution < 1.29 is 9.53 Å². The van der Waals surface area contributed by atoms with Gasteiger partial charge in [0.25, 0.3) is 5.91 Å². The van der Waals surface area contributed by atoms with Crippen LogP contribution >= 0.6 is 23.1 Å². The van der Waals surface area contributed by atoms with E-state index in [2.05, 4.69) is 29.0 Å². The van der Waals surface area contributed by atoms with Gasteiger partial charge in [0.1, 0.15) is 0 Å². The number of methoxy groups -OCH3 is 1. The van der Waals surface area contributed by atoms with Gasteiger partial charge < -0.3 is 10.5 Å². The van der Waals surface area contributed by atoms with Crippen LogP contribution in [0, 0.1) is 0 Å². The second kappa shape index (κ2) is 6.75. The number of primary amides is 1. The van der Waals surface area contributed by atoms with Crippen molar-refractivity contribution in [3.63, 3.8) is 0 Å². The lowest BCUT2D eigenvalue weighted by atomic mass is 10.0. The molecule has 1 atom stereocenters. The monoisotopic (exact) mass is 293 g/mol. The van der Waals surface area contributed by atoms with E-state index in [1.165, 1.54) is 35.6 Å². The molecule has 0 saturated heterocycles. The van der Waals surface area contributed by atoms with E-state index in [-0.39, 0.29) is 0 Å². The minimum Gasteiger partial charge on any atom is -0.367 e. The predicted octanol–water partition coefficient (Wildman–Crippen LogP) is 3.11. The van der Waals surface area contributed by atoms with E-state index in [0.29, 0.717) is 5.75 Å². The lowest BCUT2D eigenvalue weighted by molar-refractivity contribution is -0.123. The number of carbonyl (C=O) groups excluding carboxylic acids is 1. The molecule has 0 spiro atoms. The first-order valence-corrected chi connectivity index (χ1v) is 7.75. The van der Waals surface area contributed by atoms with Gasteiger partial charge in [0, 0.05) is 12.9 Å². The third-order valence-electron chi connectivity index (χ3n) is 2.69. The fraction of sp³-hybridized carbons (Fsp3) is 0.214. The van der Waals surface area contributed by atoms with Crippen LogP contribution in [0.4, 0.5) is 0 Å². The van der Waals surface area contributed by atoms with Crippen LogP contribution in [0.2, 0.25) is 0 Å². The maximum absolute atomic E-state index is 11.1. The molecule has 1 aromatic carbocycles. The number of benzene rings is 1. The van der Waals surface area contributed by atoms with Crippen molar-refractivity contribution in [2.24, 2.45) is 5.73 Å². The van der Waals surface area contributed by atoms with Crippen LogP contribution < -0.4 is 5.73 Å². The van der Waals surface area contributed by atoms with Gasteiger partial charge in [-0.05, 0) is 33.5 Å². The Morgan fingerprint density at radius 1 is 1.42 bits per heavy atom. The first-order chi connectivity index (χ1) is 9.22. The quantitative estimate of drug-likeness (QED) is 0.833. The zero-order chi connectivity index (χ0) is 13.7. The predicted molar refractivity (Wildman–Crippen MR) is 81.0 cm³/mol. The Morgan fingerprint density at radius 3 is 2.84 bits per heavy atom. The average Bonchev–Trinajstić information content (AvgIpc) is 2.93. The Kier molecular flexibility index (Phi) is 5.01. The van der Waals surface area contributed by atoms with Gasteiger partial charge in [0.15, 0.2) is 5.44 Å². The summed E-state index contributed by atoms with van der Waals surface area (Å²) in [4.78, 5) is 11.1. The first kappa shape index (κ1) is 14.1. The molecule has 0 saturated carbocycles. The summed E-state index contributed by atoms with van der Waals surface area (Å²) < 4.78 is 5.05.